The molecule has 0 unspecified atom stereocenters. The first kappa shape index (κ1) is 21.6. The zero-order chi connectivity index (χ0) is 23.9. The Morgan fingerprint density at radius 1 is 0.914 bits per heavy atom. The zero-order valence-corrected chi connectivity index (χ0v) is 20.3. The summed E-state index contributed by atoms with van der Waals surface area (Å²) in [6.45, 7) is 0. The number of hydrogen-bond donors (Lipinski definition) is 0. The number of nitrogens with zero attached hydrogens (tertiary/aromatic N) is 3. The normalized spacial score (nSPS) is 11.7. The van der Waals surface area contributed by atoms with E-state index in [-0.39, 0.29) is 5.56 Å². The van der Waals surface area contributed by atoms with Gasteiger partial charge in [-0.25, -0.2) is 4.98 Å². The van der Waals surface area contributed by atoms with Crippen molar-refractivity contribution in [3.63, 3.8) is 0 Å². The lowest BCUT2D eigenvalue weighted by Gasteiger charge is -2.06. The third-order valence-electron chi connectivity index (χ3n) is 5.53. The molecule has 35 heavy (non-hydrogen) atoms. The minimum absolute atomic E-state index is 0.299. The molecule has 3 heterocycles. The molecule has 3 aromatic carbocycles. The molecule has 0 N–H and O–H groups in total. The Bertz CT molecular complexity index is 1780. The van der Waals surface area contributed by atoms with Crippen LogP contribution >= 0.6 is 27.5 Å². The molecule has 0 spiro atoms. The first-order valence-corrected chi connectivity index (χ1v) is 11.8. The summed E-state index contributed by atoms with van der Waals surface area (Å²) in [5.41, 5.74) is 1.77. The summed E-state index contributed by atoms with van der Waals surface area (Å²) in [5, 5.41) is 6.38. The van der Waals surface area contributed by atoms with Crippen LogP contribution in [0.25, 0.3) is 44.8 Å². The van der Waals surface area contributed by atoms with E-state index in [1.165, 1.54) is 10.9 Å². The number of fused-ring (bicyclic) bond motifs is 2. The fourth-order valence-electron chi connectivity index (χ4n) is 3.82. The summed E-state index contributed by atoms with van der Waals surface area (Å²) >= 11 is 9.60. The lowest BCUT2D eigenvalue weighted by atomic mass is 10.2. The molecule has 0 aliphatic heterocycles. The zero-order valence-electron chi connectivity index (χ0n) is 18.0. The molecule has 6 nitrogen and oxygen atoms in total. The van der Waals surface area contributed by atoms with Crippen molar-refractivity contribution in [1.29, 1.82) is 0 Å². The van der Waals surface area contributed by atoms with E-state index in [9.17, 15) is 4.79 Å². The molecular formula is C27H15BrClN3O3. The fraction of sp³-hybridized carbons (Fsp3) is 0. The third kappa shape index (κ3) is 3.99. The van der Waals surface area contributed by atoms with Gasteiger partial charge in [-0.05, 0) is 64.5 Å². The minimum Gasteiger partial charge on any atom is -0.455 e. The molecule has 0 saturated carbocycles. The summed E-state index contributed by atoms with van der Waals surface area (Å²) in [6.07, 6.45) is 1.48. The van der Waals surface area contributed by atoms with E-state index >= 15 is 0 Å². The second-order valence-corrected chi connectivity index (χ2v) is 9.06. The average Bonchev–Trinajstić information content (AvgIpc) is 3.52. The molecule has 0 aliphatic rings. The molecule has 3 aromatic heterocycles. The van der Waals surface area contributed by atoms with Crippen LogP contribution in [-0.4, -0.2) is 15.9 Å². The van der Waals surface area contributed by atoms with E-state index in [0.717, 1.165) is 15.4 Å². The maximum atomic E-state index is 13.4. The van der Waals surface area contributed by atoms with Gasteiger partial charge in [-0.2, -0.15) is 9.78 Å². The summed E-state index contributed by atoms with van der Waals surface area (Å²) in [5.74, 6) is 1.83. The summed E-state index contributed by atoms with van der Waals surface area (Å²) in [6, 6.07) is 25.8. The molecule has 0 radical (unpaired) electrons. The van der Waals surface area contributed by atoms with E-state index in [1.54, 1.807) is 24.3 Å². The fourth-order valence-corrected chi connectivity index (χ4v) is 4.25. The Labute approximate surface area is 212 Å². The van der Waals surface area contributed by atoms with Crippen molar-refractivity contribution >= 4 is 55.6 Å². The topological polar surface area (TPSA) is 73.5 Å². The van der Waals surface area contributed by atoms with Gasteiger partial charge in [0.05, 0.1) is 22.1 Å². The van der Waals surface area contributed by atoms with Crippen LogP contribution in [-0.2, 0) is 0 Å². The van der Waals surface area contributed by atoms with Gasteiger partial charge in [0.25, 0.3) is 5.56 Å². The summed E-state index contributed by atoms with van der Waals surface area (Å²) in [7, 11) is 0. The van der Waals surface area contributed by atoms with Gasteiger partial charge in [0, 0.05) is 15.4 Å². The molecule has 8 heteroatoms. The molecule has 6 aromatic rings. The Balaban J connectivity index is 1.46. The van der Waals surface area contributed by atoms with Gasteiger partial charge in [0.1, 0.15) is 17.1 Å². The summed E-state index contributed by atoms with van der Waals surface area (Å²) in [4.78, 5) is 18.1. The van der Waals surface area contributed by atoms with Gasteiger partial charge in [-0.3, -0.25) is 4.79 Å². The lowest BCUT2D eigenvalue weighted by molar-refractivity contribution is 0.573. The average molecular weight is 545 g/mol. The maximum Gasteiger partial charge on any atom is 0.282 e. The van der Waals surface area contributed by atoms with Gasteiger partial charge in [-0.15, -0.1) is 0 Å². The largest absolute Gasteiger partial charge is 0.455 e. The van der Waals surface area contributed by atoms with E-state index in [4.69, 9.17) is 25.4 Å². The van der Waals surface area contributed by atoms with Crippen molar-refractivity contribution < 1.29 is 8.83 Å². The van der Waals surface area contributed by atoms with Crippen LogP contribution in [0, 0.1) is 0 Å². The van der Waals surface area contributed by atoms with Crippen molar-refractivity contribution in [1.82, 2.24) is 9.66 Å². The molecule has 0 bridgehead atoms. The van der Waals surface area contributed by atoms with Crippen molar-refractivity contribution in [3.8, 4) is 22.9 Å². The van der Waals surface area contributed by atoms with E-state index in [0.29, 0.717) is 44.6 Å². The van der Waals surface area contributed by atoms with Crippen LogP contribution in [0.5, 0.6) is 0 Å². The van der Waals surface area contributed by atoms with Crippen LogP contribution in [0.15, 0.2) is 108 Å². The van der Waals surface area contributed by atoms with Crippen molar-refractivity contribution in [2.45, 2.75) is 0 Å². The van der Waals surface area contributed by atoms with E-state index in [2.05, 4.69) is 21.0 Å². The van der Waals surface area contributed by atoms with Gasteiger partial charge in [0.2, 0.25) is 5.82 Å². The lowest BCUT2D eigenvalue weighted by Crippen LogP contribution is -2.20. The smallest absolute Gasteiger partial charge is 0.282 e. The predicted octanol–water partition coefficient (Wildman–Crippen LogP) is 7.37. The monoisotopic (exact) mass is 543 g/mol. The highest BCUT2D eigenvalue weighted by Crippen LogP contribution is 2.30. The van der Waals surface area contributed by atoms with Crippen molar-refractivity contribution in [2.24, 2.45) is 5.10 Å². The van der Waals surface area contributed by atoms with Crippen LogP contribution in [0.3, 0.4) is 0 Å². The molecule has 0 amide bonds. The number of rotatable bonds is 4. The molecule has 6 rings (SSSR count). The number of aromatic nitrogens is 2. The minimum atomic E-state index is -0.311. The molecular weight excluding hydrogens is 530 g/mol. The second-order valence-electron chi connectivity index (χ2n) is 7.79. The number of benzene rings is 3. The van der Waals surface area contributed by atoms with Crippen molar-refractivity contribution in [3.05, 3.63) is 111 Å². The molecule has 0 aliphatic carbocycles. The number of para-hydroxylation sites is 2. The number of hydrogen-bond acceptors (Lipinski definition) is 5. The van der Waals surface area contributed by atoms with Gasteiger partial charge in [0.15, 0.2) is 5.76 Å². The second kappa shape index (κ2) is 8.69. The first-order chi connectivity index (χ1) is 17.1. The number of halogens is 2. The Hall–Kier alpha value is -3.94. The van der Waals surface area contributed by atoms with E-state index < -0.39 is 0 Å². The third-order valence-corrected chi connectivity index (χ3v) is 6.76. The van der Waals surface area contributed by atoms with Crippen molar-refractivity contribution in [2.75, 3.05) is 0 Å². The molecule has 0 fully saturated rings. The standard InChI is InChI=1S/C27H15BrClN3O3/c28-20-11-9-17(13-21(20)29)24-12-10-18(34-24)15-30-32-26(25-14-16-5-1-4-8-23(16)35-25)31-22-7-3-2-6-19(22)27(32)33/h1-15H. The highest BCUT2D eigenvalue weighted by Gasteiger charge is 2.16. The highest BCUT2D eigenvalue weighted by molar-refractivity contribution is 9.10. The Morgan fingerprint density at radius 3 is 2.60 bits per heavy atom. The van der Waals surface area contributed by atoms with Crippen LogP contribution < -0.4 is 5.56 Å². The highest BCUT2D eigenvalue weighted by atomic mass is 79.9. The number of furan rings is 2. The quantitative estimate of drug-likeness (QED) is 0.217. The first-order valence-electron chi connectivity index (χ1n) is 10.7. The van der Waals surface area contributed by atoms with Gasteiger partial charge in [-0.1, -0.05) is 48.0 Å². The Kier molecular flexibility index (Phi) is 5.36. The van der Waals surface area contributed by atoms with Gasteiger partial charge < -0.3 is 8.83 Å². The molecule has 0 saturated heterocycles. The molecule has 170 valence electrons. The van der Waals surface area contributed by atoms with Crippen LogP contribution in [0.2, 0.25) is 5.02 Å². The van der Waals surface area contributed by atoms with Gasteiger partial charge >= 0.3 is 0 Å². The predicted molar refractivity (Wildman–Crippen MR) is 141 cm³/mol. The van der Waals surface area contributed by atoms with Crippen LogP contribution in [0.4, 0.5) is 0 Å². The van der Waals surface area contributed by atoms with E-state index in [1.807, 2.05) is 60.7 Å². The summed E-state index contributed by atoms with van der Waals surface area (Å²) < 4.78 is 14.0. The van der Waals surface area contributed by atoms with Crippen LogP contribution in [0.1, 0.15) is 5.76 Å². The molecule has 0 atom stereocenters. The Morgan fingerprint density at radius 2 is 1.74 bits per heavy atom. The maximum absolute atomic E-state index is 13.4. The SMILES string of the molecule is O=c1c2ccccc2nc(-c2cc3ccccc3o2)n1N=Cc1ccc(-c2ccc(Br)c(Cl)c2)o1.